The molecule has 1 amide bonds. The van der Waals surface area contributed by atoms with Crippen molar-refractivity contribution >= 4 is 27.3 Å². The van der Waals surface area contributed by atoms with E-state index in [9.17, 15) is 13.2 Å². The Morgan fingerprint density at radius 2 is 2.00 bits per heavy atom. The van der Waals surface area contributed by atoms with Gasteiger partial charge in [0.05, 0.1) is 11.8 Å². The number of nitrogens with one attached hydrogen (secondary N) is 3. The van der Waals surface area contributed by atoms with Crippen LogP contribution in [0.4, 0.5) is 11.4 Å². The second kappa shape index (κ2) is 8.53. The summed E-state index contributed by atoms with van der Waals surface area (Å²) in [4.78, 5) is 12.4. The van der Waals surface area contributed by atoms with E-state index >= 15 is 0 Å². The third-order valence-electron chi connectivity index (χ3n) is 4.37. The van der Waals surface area contributed by atoms with Gasteiger partial charge >= 0.3 is 0 Å². The number of aromatic nitrogens is 2. The number of carbonyl (C=O) groups excluding carboxylic acids is 1. The van der Waals surface area contributed by atoms with Crippen molar-refractivity contribution in [1.29, 1.82) is 0 Å². The Labute approximate surface area is 159 Å². The van der Waals surface area contributed by atoms with Crippen molar-refractivity contribution < 1.29 is 13.2 Å². The van der Waals surface area contributed by atoms with Crippen LogP contribution in [0.5, 0.6) is 0 Å². The topological polar surface area (TPSA) is 105 Å². The molecule has 0 bridgehead atoms. The van der Waals surface area contributed by atoms with Crippen LogP contribution < -0.4 is 15.4 Å². The first-order chi connectivity index (χ1) is 13.0. The summed E-state index contributed by atoms with van der Waals surface area (Å²) in [5.74, 6) is -0.221. The molecule has 3 N–H and O–H groups in total. The molecule has 2 aromatic rings. The Bertz CT molecular complexity index is 871. The minimum atomic E-state index is -3.33. The second-order valence-electron chi connectivity index (χ2n) is 6.63. The molecule has 146 valence electrons. The molecule has 0 aliphatic carbocycles. The number of benzene rings is 1. The lowest BCUT2D eigenvalue weighted by Gasteiger charge is -2.22. The molecule has 1 fully saturated rings. The zero-order valence-corrected chi connectivity index (χ0v) is 16.1. The number of hydrogen-bond acceptors (Lipinski definition) is 5. The standard InChI is InChI=1S/C18H25N5O3S/c1-2-12-27(25,26)22-15-7-5-14(6-8-15)20-18(24)17-9-11-23(21-17)16-4-3-10-19-13-16/h5-9,11,16,19,22H,2-4,10,12-13H2,1H3,(H,20,24). The maximum absolute atomic E-state index is 12.4. The number of nitrogens with zero attached hydrogens (tertiary/aromatic N) is 2. The summed E-state index contributed by atoms with van der Waals surface area (Å²) in [5, 5.41) is 10.5. The van der Waals surface area contributed by atoms with Gasteiger partial charge in [-0.3, -0.25) is 14.2 Å². The largest absolute Gasteiger partial charge is 0.321 e. The molecule has 1 unspecified atom stereocenters. The second-order valence-corrected chi connectivity index (χ2v) is 8.48. The summed E-state index contributed by atoms with van der Waals surface area (Å²) < 4.78 is 27.9. The number of hydrogen-bond donors (Lipinski definition) is 3. The number of sulfonamides is 1. The Kier molecular flexibility index (Phi) is 6.12. The Hall–Kier alpha value is -2.39. The molecule has 1 aliphatic rings. The molecule has 0 radical (unpaired) electrons. The minimum Gasteiger partial charge on any atom is -0.321 e. The van der Waals surface area contributed by atoms with Crippen molar-refractivity contribution in [3.05, 3.63) is 42.2 Å². The quantitative estimate of drug-likeness (QED) is 0.671. The SMILES string of the molecule is CCCS(=O)(=O)Nc1ccc(NC(=O)c2ccn(C3CCCNC3)n2)cc1. The van der Waals surface area contributed by atoms with E-state index in [1.165, 1.54) is 0 Å². The van der Waals surface area contributed by atoms with Crippen molar-refractivity contribution in [2.75, 3.05) is 28.9 Å². The molecule has 1 aromatic heterocycles. The summed E-state index contributed by atoms with van der Waals surface area (Å²) in [7, 11) is -3.33. The molecule has 2 heterocycles. The first-order valence-electron chi connectivity index (χ1n) is 9.14. The van der Waals surface area contributed by atoms with Gasteiger partial charge in [-0.05, 0) is 56.1 Å². The molecule has 0 spiro atoms. The third kappa shape index (κ3) is 5.30. The van der Waals surface area contributed by atoms with Gasteiger partial charge in [-0.15, -0.1) is 0 Å². The molecule has 1 saturated heterocycles. The molecule has 1 atom stereocenters. The smallest absolute Gasteiger partial charge is 0.276 e. The van der Waals surface area contributed by atoms with Crippen molar-refractivity contribution in [2.45, 2.75) is 32.2 Å². The summed E-state index contributed by atoms with van der Waals surface area (Å²) in [6, 6.07) is 8.53. The van der Waals surface area contributed by atoms with E-state index in [-0.39, 0.29) is 17.7 Å². The van der Waals surface area contributed by atoms with Crippen LogP contribution >= 0.6 is 0 Å². The zero-order valence-electron chi connectivity index (χ0n) is 15.3. The monoisotopic (exact) mass is 391 g/mol. The van der Waals surface area contributed by atoms with Crippen LogP contribution in [0.25, 0.3) is 0 Å². The van der Waals surface area contributed by atoms with Gasteiger partial charge in [0.2, 0.25) is 10.0 Å². The molecule has 9 heteroatoms. The number of anilines is 2. The van der Waals surface area contributed by atoms with Crippen molar-refractivity contribution in [3.63, 3.8) is 0 Å². The number of amides is 1. The van der Waals surface area contributed by atoms with Gasteiger partial charge in [0.1, 0.15) is 0 Å². The molecule has 1 aliphatic heterocycles. The van der Waals surface area contributed by atoms with Gasteiger partial charge in [-0.25, -0.2) is 8.42 Å². The minimum absolute atomic E-state index is 0.0741. The maximum atomic E-state index is 12.4. The zero-order chi connectivity index (χ0) is 19.3. The van der Waals surface area contributed by atoms with Gasteiger partial charge in [0.15, 0.2) is 5.69 Å². The molecule has 0 saturated carbocycles. The highest BCUT2D eigenvalue weighted by Gasteiger charge is 2.18. The Morgan fingerprint density at radius 1 is 1.26 bits per heavy atom. The van der Waals surface area contributed by atoms with E-state index in [0.717, 1.165) is 25.9 Å². The van der Waals surface area contributed by atoms with Gasteiger partial charge in [-0.2, -0.15) is 5.10 Å². The van der Waals surface area contributed by atoms with Gasteiger partial charge in [0.25, 0.3) is 5.91 Å². The Balaban J connectivity index is 1.60. The average Bonchev–Trinajstić information content (AvgIpc) is 3.14. The van der Waals surface area contributed by atoms with Crippen LogP contribution in [-0.4, -0.2) is 42.9 Å². The normalized spacial score (nSPS) is 17.4. The molecule has 1 aromatic carbocycles. The predicted octanol–water partition coefficient (Wildman–Crippen LogP) is 2.21. The number of carbonyl (C=O) groups is 1. The van der Waals surface area contributed by atoms with Crippen LogP contribution in [0, 0.1) is 0 Å². The summed E-state index contributed by atoms with van der Waals surface area (Å²) in [6.45, 7) is 3.69. The maximum Gasteiger partial charge on any atom is 0.276 e. The van der Waals surface area contributed by atoms with E-state index in [1.54, 1.807) is 30.3 Å². The van der Waals surface area contributed by atoms with Crippen LogP contribution in [0.15, 0.2) is 36.5 Å². The van der Waals surface area contributed by atoms with E-state index in [2.05, 4.69) is 20.5 Å². The molecular formula is C18H25N5O3S. The van der Waals surface area contributed by atoms with Crippen molar-refractivity contribution in [1.82, 2.24) is 15.1 Å². The van der Waals surface area contributed by atoms with Gasteiger partial charge in [-0.1, -0.05) is 6.92 Å². The van der Waals surface area contributed by atoms with E-state index < -0.39 is 10.0 Å². The first-order valence-corrected chi connectivity index (χ1v) is 10.8. The highest BCUT2D eigenvalue weighted by atomic mass is 32.2. The first kappa shape index (κ1) is 19.4. The Morgan fingerprint density at radius 3 is 2.67 bits per heavy atom. The van der Waals surface area contributed by atoms with E-state index in [1.807, 2.05) is 17.8 Å². The predicted molar refractivity (Wildman–Crippen MR) is 105 cm³/mol. The van der Waals surface area contributed by atoms with Crippen molar-refractivity contribution in [2.24, 2.45) is 0 Å². The fraction of sp³-hybridized carbons (Fsp3) is 0.444. The van der Waals surface area contributed by atoms with Crippen molar-refractivity contribution in [3.8, 4) is 0 Å². The third-order valence-corrected chi connectivity index (χ3v) is 5.87. The summed E-state index contributed by atoms with van der Waals surface area (Å²) in [5.41, 5.74) is 1.40. The number of rotatable bonds is 7. The van der Waals surface area contributed by atoms with Crippen LogP contribution in [0.3, 0.4) is 0 Å². The van der Waals surface area contributed by atoms with Gasteiger partial charge in [0, 0.05) is 24.1 Å². The lowest BCUT2D eigenvalue weighted by Crippen LogP contribution is -2.32. The molecule has 27 heavy (non-hydrogen) atoms. The lowest BCUT2D eigenvalue weighted by atomic mass is 10.1. The van der Waals surface area contributed by atoms with E-state index in [0.29, 0.717) is 23.5 Å². The fourth-order valence-electron chi connectivity index (χ4n) is 3.04. The molecule has 8 nitrogen and oxygen atoms in total. The summed E-state index contributed by atoms with van der Waals surface area (Å²) in [6.07, 6.45) is 4.52. The number of piperidine rings is 1. The van der Waals surface area contributed by atoms with Crippen LogP contribution in [0.1, 0.15) is 42.7 Å². The van der Waals surface area contributed by atoms with E-state index in [4.69, 9.17) is 0 Å². The van der Waals surface area contributed by atoms with Crippen LogP contribution in [0.2, 0.25) is 0 Å². The summed E-state index contributed by atoms with van der Waals surface area (Å²) >= 11 is 0. The molecule has 3 rings (SSSR count). The highest BCUT2D eigenvalue weighted by Crippen LogP contribution is 2.18. The van der Waals surface area contributed by atoms with Gasteiger partial charge < -0.3 is 10.6 Å². The fourth-order valence-corrected chi connectivity index (χ4v) is 4.17. The average molecular weight is 391 g/mol. The lowest BCUT2D eigenvalue weighted by molar-refractivity contribution is 0.102. The molecular weight excluding hydrogens is 366 g/mol. The van der Waals surface area contributed by atoms with Crippen LogP contribution in [-0.2, 0) is 10.0 Å². The highest BCUT2D eigenvalue weighted by molar-refractivity contribution is 7.92.